The van der Waals surface area contributed by atoms with Crippen LogP contribution in [0.4, 0.5) is 24.5 Å². The third-order valence-electron chi connectivity index (χ3n) is 9.35. The Labute approximate surface area is 361 Å². The molecular weight excluding hydrogens is 802 g/mol. The van der Waals surface area contributed by atoms with Crippen molar-refractivity contribution in [1.29, 1.82) is 0 Å². The van der Waals surface area contributed by atoms with E-state index in [1.165, 1.54) is 36.9 Å². The minimum Gasteiger partial charge on any atom is -0.497 e. The maximum absolute atomic E-state index is 13.0. The molecule has 0 radical (unpaired) electrons. The molecule has 6 rings (SSSR count). The molecule has 2 unspecified atom stereocenters. The summed E-state index contributed by atoms with van der Waals surface area (Å²) < 4.78 is 50.7. The summed E-state index contributed by atoms with van der Waals surface area (Å²) in [6.07, 6.45) is -4.46. The lowest BCUT2D eigenvalue weighted by Gasteiger charge is -2.24. The van der Waals surface area contributed by atoms with Crippen LogP contribution in [0.2, 0.25) is 0 Å². The molecule has 0 saturated heterocycles. The highest BCUT2D eigenvalue weighted by Crippen LogP contribution is 2.31. The van der Waals surface area contributed by atoms with E-state index in [2.05, 4.69) is 41.6 Å². The number of benzene rings is 4. The van der Waals surface area contributed by atoms with Gasteiger partial charge in [-0.15, -0.1) is 0 Å². The molecule has 2 aromatic heterocycles. The minimum atomic E-state index is -4.46. The van der Waals surface area contributed by atoms with Crippen LogP contribution < -0.4 is 31.2 Å². The Morgan fingerprint density at radius 1 is 0.629 bits per heavy atom. The van der Waals surface area contributed by atoms with Crippen LogP contribution in [0, 0.1) is 0 Å². The van der Waals surface area contributed by atoms with Crippen LogP contribution in [0.1, 0.15) is 74.5 Å². The molecule has 2 heterocycles. The zero-order valence-electron chi connectivity index (χ0n) is 36.1. The monoisotopic (exact) mass is 856 g/mol. The minimum absolute atomic E-state index is 0. The number of halogens is 3. The summed E-state index contributed by atoms with van der Waals surface area (Å²) >= 11 is 0. The third-order valence-corrected chi connectivity index (χ3v) is 9.35. The van der Waals surface area contributed by atoms with Crippen molar-refractivity contribution in [3.05, 3.63) is 153 Å². The number of nitrogens with one attached hydrogen (secondary N) is 2. The highest BCUT2D eigenvalue weighted by atomic mass is 19.4. The number of anilines is 2. The van der Waals surface area contributed by atoms with Gasteiger partial charge in [0.2, 0.25) is 11.8 Å². The molecule has 6 aromatic rings. The van der Waals surface area contributed by atoms with Gasteiger partial charge in [-0.25, -0.2) is 9.36 Å². The Morgan fingerprint density at radius 3 is 1.52 bits per heavy atom. The van der Waals surface area contributed by atoms with E-state index >= 15 is 0 Å². The lowest BCUT2D eigenvalue weighted by molar-refractivity contribution is -0.137. The molecule has 0 spiro atoms. The zero-order chi connectivity index (χ0) is 45.8. The first-order valence-corrected chi connectivity index (χ1v) is 19.8. The summed E-state index contributed by atoms with van der Waals surface area (Å²) in [5.74, 6) is 0.410. The maximum Gasteiger partial charge on any atom is 0.416 e. The first-order chi connectivity index (χ1) is 29.4. The third kappa shape index (κ3) is 12.3. The molecule has 0 bridgehead atoms. The van der Waals surface area contributed by atoms with Crippen molar-refractivity contribution in [3.63, 3.8) is 0 Å². The maximum atomic E-state index is 13.0. The van der Waals surface area contributed by atoms with E-state index in [9.17, 15) is 32.3 Å². The quantitative estimate of drug-likeness (QED) is 0.138. The van der Waals surface area contributed by atoms with Crippen molar-refractivity contribution in [2.24, 2.45) is 0 Å². The summed E-state index contributed by atoms with van der Waals surface area (Å²) in [6.45, 7) is 13.4. The molecule has 0 saturated carbocycles. The molecule has 62 heavy (non-hydrogen) atoms. The standard InChI is InChI=1S/C24H27N3O3.C21H18F3N3O3.C2H6.2H2/c1-16(23(29)25-21-12-7-6-11-19(21)24(2,3)4)27-22(28)14-13-20(26-27)17-9-8-10-18(15-17)30-5;1-13(20(29)25-16-8-6-15(7-9-16)21(22,23)24)27-19(28)11-10-18(26-27)14-4-3-5-17(12-14)30-2;1-2;;/h6-16H,1-5H3,(H,25,29);3-13H,1-2H3,(H,25,29);1-2H3;2*1H. The van der Waals surface area contributed by atoms with Crippen LogP contribution >= 0.6 is 0 Å². The van der Waals surface area contributed by atoms with Crippen molar-refractivity contribution in [2.45, 2.75) is 72.1 Å². The van der Waals surface area contributed by atoms with Crippen molar-refractivity contribution < 1.29 is 35.1 Å². The summed E-state index contributed by atoms with van der Waals surface area (Å²) in [5.41, 5.74) is 2.70. The Balaban J connectivity index is 0.000000411. The number of ether oxygens (including phenoxy) is 2. The summed E-state index contributed by atoms with van der Waals surface area (Å²) in [6, 6.07) is 30.3. The Hall–Kier alpha value is -7.03. The van der Waals surface area contributed by atoms with Gasteiger partial charge in [0.15, 0.2) is 0 Å². The van der Waals surface area contributed by atoms with Crippen LogP contribution in [-0.4, -0.2) is 45.6 Å². The predicted octanol–water partition coefficient (Wildman–Crippen LogP) is 10.1. The summed E-state index contributed by atoms with van der Waals surface area (Å²) in [4.78, 5) is 50.2. The van der Waals surface area contributed by atoms with Gasteiger partial charge in [-0.2, -0.15) is 23.4 Å². The van der Waals surface area contributed by atoms with Crippen LogP contribution in [0.3, 0.4) is 0 Å². The normalized spacial score (nSPS) is 12.0. The number of rotatable bonds is 10. The van der Waals surface area contributed by atoms with Crippen LogP contribution in [0.15, 0.2) is 131 Å². The molecule has 15 heteroatoms. The fourth-order valence-electron chi connectivity index (χ4n) is 5.97. The fourth-order valence-corrected chi connectivity index (χ4v) is 5.97. The average molecular weight is 857 g/mol. The predicted molar refractivity (Wildman–Crippen MR) is 240 cm³/mol. The number of hydrogen-bond donors (Lipinski definition) is 2. The highest BCUT2D eigenvalue weighted by Gasteiger charge is 2.30. The fraction of sp³-hybridized carbons (Fsp3) is 0.277. The SMILES string of the molecule is CC.COc1cccc(-c2ccc(=O)n(C(C)C(=O)Nc3ccc(C(F)(F)F)cc3)n2)c1.COc1cccc(-c2ccc(=O)n(C(C)C(=O)Nc3ccccc3C(C)(C)C)n2)c1.[HH].[HH]. The van der Waals surface area contributed by atoms with Gasteiger partial charge in [0, 0.05) is 37.5 Å². The number of amides is 2. The number of carbonyl (C=O) groups excluding carboxylic acids is 2. The lowest BCUT2D eigenvalue weighted by Crippen LogP contribution is -2.33. The van der Waals surface area contributed by atoms with Crippen molar-refractivity contribution >= 4 is 23.2 Å². The topological polar surface area (TPSA) is 146 Å². The summed E-state index contributed by atoms with van der Waals surface area (Å²) in [5, 5.41) is 14.2. The molecule has 0 aliphatic heterocycles. The molecule has 330 valence electrons. The van der Waals surface area contributed by atoms with E-state index in [4.69, 9.17) is 9.47 Å². The van der Waals surface area contributed by atoms with Gasteiger partial charge in [-0.1, -0.05) is 77.1 Å². The smallest absolute Gasteiger partial charge is 0.416 e. The molecule has 4 aromatic carbocycles. The zero-order valence-corrected chi connectivity index (χ0v) is 36.1. The lowest BCUT2D eigenvalue weighted by atomic mass is 9.86. The average Bonchev–Trinajstić information content (AvgIpc) is 3.26. The van der Waals surface area contributed by atoms with Gasteiger partial charge in [-0.3, -0.25) is 19.2 Å². The molecule has 0 fully saturated rings. The number of aromatic nitrogens is 4. The molecule has 2 amide bonds. The largest absolute Gasteiger partial charge is 0.497 e. The number of alkyl halides is 3. The number of para-hydroxylation sites is 1. The first kappa shape index (κ1) is 47.6. The van der Waals surface area contributed by atoms with Gasteiger partial charge in [0.1, 0.15) is 23.6 Å². The van der Waals surface area contributed by atoms with E-state index < -0.39 is 35.3 Å². The number of methoxy groups -OCH3 is 2. The van der Waals surface area contributed by atoms with Gasteiger partial charge in [-0.05, 0) is 91.6 Å². The van der Waals surface area contributed by atoms with Gasteiger partial charge >= 0.3 is 6.18 Å². The van der Waals surface area contributed by atoms with Crippen molar-refractivity contribution in [1.82, 2.24) is 19.6 Å². The molecular formula is C47H55F3N6O6. The highest BCUT2D eigenvalue weighted by molar-refractivity contribution is 5.94. The first-order valence-electron chi connectivity index (χ1n) is 19.8. The van der Waals surface area contributed by atoms with E-state index in [-0.39, 0.29) is 25.4 Å². The Kier molecular flexibility index (Phi) is 16.1. The van der Waals surface area contributed by atoms with Crippen LogP contribution in [0.25, 0.3) is 22.5 Å². The Bertz CT molecular complexity index is 2600. The number of carbonyl (C=O) groups is 2. The summed E-state index contributed by atoms with van der Waals surface area (Å²) in [7, 11) is 3.12. The second-order valence-electron chi connectivity index (χ2n) is 14.7. The van der Waals surface area contributed by atoms with Gasteiger partial charge in [0.05, 0.1) is 31.2 Å². The number of hydrogen-bond acceptors (Lipinski definition) is 8. The second-order valence-corrected chi connectivity index (χ2v) is 14.7. The van der Waals surface area contributed by atoms with Crippen molar-refractivity contribution in [3.8, 4) is 34.0 Å². The van der Waals surface area contributed by atoms with Crippen LogP contribution in [0.5, 0.6) is 11.5 Å². The van der Waals surface area contributed by atoms with Gasteiger partial charge < -0.3 is 20.1 Å². The molecule has 2 atom stereocenters. The second kappa shape index (κ2) is 21.0. The molecule has 0 aliphatic carbocycles. The molecule has 2 N–H and O–H groups in total. The van der Waals surface area contributed by atoms with E-state index in [1.54, 1.807) is 44.4 Å². The molecule has 12 nitrogen and oxygen atoms in total. The Morgan fingerprint density at radius 2 is 1.08 bits per heavy atom. The van der Waals surface area contributed by atoms with E-state index in [0.29, 0.717) is 28.5 Å². The van der Waals surface area contributed by atoms with E-state index in [0.717, 1.165) is 45.8 Å². The van der Waals surface area contributed by atoms with Crippen LogP contribution in [-0.2, 0) is 21.2 Å². The van der Waals surface area contributed by atoms with E-state index in [1.807, 2.05) is 62.4 Å². The van der Waals surface area contributed by atoms with Gasteiger partial charge in [0.25, 0.3) is 11.1 Å². The number of nitrogens with zero attached hydrogens (tertiary/aromatic N) is 4. The van der Waals surface area contributed by atoms with Crippen molar-refractivity contribution in [2.75, 3.05) is 24.9 Å². The molecule has 0 aliphatic rings.